The zero-order valence-corrected chi connectivity index (χ0v) is 12.4. The van der Waals surface area contributed by atoms with Crippen LogP contribution < -0.4 is 4.74 Å². The summed E-state index contributed by atoms with van der Waals surface area (Å²) in [6.45, 7) is 4.02. The number of rotatable bonds is 3. The molecule has 2 aromatic heterocycles. The molecule has 0 radical (unpaired) electrons. The number of hydrogen-bond acceptors (Lipinski definition) is 4. The van der Waals surface area contributed by atoms with E-state index in [0.29, 0.717) is 0 Å². The molecule has 0 atom stereocenters. The lowest BCUT2D eigenvalue weighted by molar-refractivity contribution is 0.415. The fourth-order valence-corrected chi connectivity index (χ4v) is 2.92. The maximum Gasteiger partial charge on any atom is 0.211 e. The van der Waals surface area contributed by atoms with Crippen LogP contribution in [0, 0.1) is 13.8 Å². The van der Waals surface area contributed by atoms with Gasteiger partial charge in [-0.3, -0.25) is 0 Å². The Labute approximate surface area is 121 Å². The van der Waals surface area contributed by atoms with Gasteiger partial charge in [-0.05, 0) is 44.2 Å². The van der Waals surface area contributed by atoms with Crippen molar-refractivity contribution in [2.24, 2.45) is 0 Å². The molecule has 0 aliphatic heterocycles. The van der Waals surface area contributed by atoms with E-state index in [1.54, 1.807) is 18.4 Å². The summed E-state index contributed by atoms with van der Waals surface area (Å²) >= 11 is 1.59. The van der Waals surface area contributed by atoms with Gasteiger partial charge < -0.3 is 4.74 Å². The third-order valence-corrected chi connectivity index (χ3v) is 3.88. The molecule has 1 aromatic carbocycles. The number of hydrogen-bond donors (Lipinski definition) is 0. The van der Waals surface area contributed by atoms with Crippen molar-refractivity contribution in [1.82, 2.24) is 14.8 Å². The van der Waals surface area contributed by atoms with Crippen LogP contribution >= 0.6 is 11.3 Å². The van der Waals surface area contributed by atoms with Gasteiger partial charge in [0.15, 0.2) is 0 Å². The van der Waals surface area contributed by atoms with Crippen LogP contribution in [0.15, 0.2) is 35.7 Å². The standard InChI is InChI=1S/C15H15N3OS/c1-10-8-11(2)18(17-10)15-16-14(9-20-15)12-4-6-13(19-3)7-5-12/h4-9H,1-3H3. The lowest BCUT2D eigenvalue weighted by atomic mass is 10.2. The number of nitrogens with zero attached hydrogens (tertiary/aromatic N) is 3. The molecule has 5 heteroatoms. The zero-order chi connectivity index (χ0) is 14.1. The molecule has 2 heterocycles. The van der Waals surface area contributed by atoms with Gasteiger partial charge in [0.1, 0.15) is 5.75 Å². The van der Waals surface area contributed by atoms with Gasteiger partial charge in [0, 0.05) is 16.6 Å². The molecule has 0 unspecified atom stereocenters. The zero-order valence-electron chi connectivity index (χ0n) is 11.6. The number of aryl methyl sites for hydroxylation is 2. The second kappa shape index (κ2) is 5.09. The van der Waals surface area contributed by atoms with E-state index in [-0.39, 0.29) is 0 Å². The van der Waals surface area contributed by atoms with Crippen LogP contribution in [0.5, 0.6) is 5.75 Å². The highest BCUT2D eigenvalue weighted by Crippen LogP contribution is 2.26. The quantitative estimate of drug-likeness (QED) is 0.738. The van der Waals surface area contributed by atoms with Crippen molar-refractivity contribution in [2.45, 2.75) is 13.8 Å². The predicted octanol–water partition coefficient (Wildman–Crippen LogP) is 3.62. The Morgan fingerprint density at radius 1 is 1.15 bits per heavy atom. The molecule has 0 aliphatic rings. The van der Waals surface area contributed by atoms with Gasteiger partial charge in [0.05, 0.1) is 18.5 Å². The van der Waals surface area contributed by atoms with Crippen molar-refractivity contribution >= 4 is 11.3 Å². The molecule has 0 bridgehead atoms. The van der Waals surface area contributed by atoms with Gasteiger partial charge in [-0.15, -0.1) is 11.3 Å². The molecular formula is C15H15N3OS. The summed E-state index contributed by atoms with van der Waals surface area (Å²) in [6, 6.07) is 9.96. The molecule has 0 fully saturated rings. The van der Waals surface area contributed by atoms with Crippen molar-refractivity contribution in [3.05, 3.63) is 47.1 Å². The van der Waals surface area contributed by atoms with E-state index in [1.165, 1.54) is 0 Å². The minimum Gasteiger partial charge on any atom is -0.497 e. The van der Waals surface area contributed by atoms with Crippen molar-refractivity contribution < 1.29 is 4.74 Å². The van der Waals surface area contributed by atoms with Crippen LogP contribution in [0.25, 0.3) is 16.4 Å². The summed E-state index contributed by atoms with van der Waals surface area (Å²) in [6.07, 6.45) is 0. The Bertz CT molecular complexity index is 728. The van der Waals surface area contributed by atoms with Crippen LogP contribution in [0.3, 0.4) is 0 Å². The average molecular weight is 285 g/mol. The highest BCUT2D eigenvalue weighted by atomic mass is 32.1. The number of benzene rings is 1. The van der Waals surface area contributed by atoms with E-state index in [2.05, 4.69) is 16.1 Å². The summed E-state index contributed by atoms with van der Waals surface area (Å²) in [5.41, 5.74) is 4.14. The smallest absolute Gasteiger partial charge is 0.211 e. The van der Waals surface area contributed by atoms with E-state index in [9.17, 15) is 0 Å². The second-order valence-corrected chi connectivity index (χ2v) is 5.42. The summed E-state index contributed by atoms with van der Waals surface area (Å²) in [4.78, 5) is 4.66. The van der Waals surface area contributed by atoms with Gasteiger partial charge in [0.2, 0.25) is 5.13 Å². The summed E-state index contributed by atoms with van der Waals surface area (Å²) < 4.78 is 7.05. The maximum atomic E-state index is 5.17. The molecule has 102 valence electrons. The van der Waals surface area contributed by atoms with Crippen LogP contribution in [0.1, 0.15) is 11.4 Å². The third-order valence-electron chi connectivity index (χ3n) is 3.07. The molecule has 20 heavy (non-hydrogen) atoms. The van der Waals surface area contributed by atoms with Crippen LogP contribution in [0.2, 0.25) is 0 Å². The molecule has 0 aliphatic carbocycles. The highest BCUT2D eigenvalue weighted by Gasteiger charge is 2.09. The minimum absolute atomic E-state index is 0.850. The molecule has 4 nitrogen and oxygen atoms in total. The van der Waals surface area contributed by atoms with Crippen LogP contribution in [0.4, 0.5) is 0 Å². The number of thiazole rings is 1. The van der Waals surface area contributed by atoms with Crippen molar-refractivity contribution in [2.75, 3.05) is 7.11 Å². The fourth-order valence-electron chi connectivity index (χ4n) is 2.08. The Balaban J connectivity index is 1.95. The van der Waals surface area contributed by atoms with E-state index in [4.69, 9.17) is 4.74 Å². The number of methoxy groups -OCH3 is 1. The Hall–Kier alpha value is -2.14. The largest absolute Gasteiger partial charge is 0.497 e. The molecular weight excluding hydrogens is 270 g/mol. The molecule has 0 spiro atoms. The molecule has 0 N–H and O–H groups in total. The van der Waals surface area contributed by atoms with Crippen LogP contribution in [-0.4, -0.2) is 21.9 Å². The number of ether oxygens (including phenoxy) is 1. The first-order valence-electron chi connectivity index (χ1n) is 6.31. The average Bonchev–Trinajstić information content (AvgIpc) is 3.05. The normalized spacial score (nSPS) is 10.8. The molecule has 3 rings (SSSR count). The predicted molar refractivity (Wildman–Crippen MR) is 80.7 cm³/mol. The summed E-state index contributed by atoms with van der Waals surface area (Å²) in [7, 11) is 1.67. The fraction of sp³-hybridized carbons (Fsp3) is 0.200. The number of aromatic nitrogens is 3. The third kappa shape index (κ3) is 2.32. The molecule has 0 saturated heterocycles. The Morgan fingerprint density at radius 2 is 1.90 bits per heavy atom. The van der Waals surface area contributed by atoms with Gasteiger partial charge in [-0.2, -0.15) is 5.10 Å². The monoisotopic (exact) mass is 285 g/mol. The lowest BCUT2D eigenvalue weighted by Crippen LogP contribution is -1.98. The summed E-state index contributed by atoms with van der Waals surface area (Å²) in [5.74, 6) is 0.850. The van der Waals surface area contributed by atoms with E-state index in [0.717, 1.165) is 33.5 Å². The van der Waals surface area contributed by atoms with Gasteiger partial charge in [-0.1, -0.05) is 0 Å². The highest BCUT2D eigenvalue weighted by molar-refractivity contribution is 7.12. The van der Waals surface area contributed by atoms with Gasteiger partial charge in [-0.25, -0.2) is 9.67 Å². The first-order valence-corrected chi connectivity index (χ1v) is 7.19. The maximum absolute atomic E-state index is 5.17. The van der Waals surface area contributed by atoms with Crippen molar-refractivity contribution in [3.63, 3.8) is 0 Å². The molecule has 3 aromatic rings. The van der Waals surface area contributed by atoms with Crippen molar-refractivity contribution in [3.8, 4) is 22.1 Å². The van der Waals surface area contributed by atoms with E-state index in [1.807, 2.05) is 48.2 Å². The molecule has 0 saturated carbocycles. The van der Waals surface area contributed by atoms with Crippen LogP contribution in [-0.2, 0) is 0 Å². The van der Waals surface area contributed by atoms with Gasteiger partial charge >= 0.3 is 0 Å². The Kier molecular flexibility index (Phi) is 3.28. The SMILES string of the molecule is COc1ccc(-c2csc(-n3nc(C)cc3C)n2)cc1. The lowest BCUT2D eigenvalue weighted by Gasteiger charge is -2.01. The second-order valence-electron chi connectivity index (χ2n) is 4.58. The first-order chi connectivity index (χ1) is 9.67. The topological polar surface area (TPSA) is 39.9 Å². The van der Waals surface area contributed by atoms with Crippen molar-refractivity contribution in [1.29, 1.82) is 0 Å². The minimum atomic E-state index is 0.850. The molecule has 0 amide bonds. The van der Waals surface area contributed by atoms with Gasteiger partial charge in [0.25, 0.3) is 0 Å². The summed E-state index contributed by atoms with van der Waals surface area (Å²) in [5, 5.41) is 7.40. The Morgan fingerprint density at radius 3 is 2.50 bits per heavy atom. The van der Waals surface area contributed by atoms with E-state index >= 15 is 0 Å². The van der Waals surface area contributed by atoms with E-state index < -0.39 is 0 Å². The first kappa shape index (κ1) is 12.9.